The molecule has 0 aliphatic carbocycles. The molecule has 0 saturated heterocycles. The summed E-state index contributed by atoms with van der Waals surface area (Å²) in [6, 6.07) is 2.66. The van der Waals surface area contributed by atoms with Gasteiger partial charge in [-0.05, 0) is 6.92 Å². The molecule has 0 fully saturated rings. The molecule has 0 aliphatic heterocycles. The maximum Gasteiger partial charge on any atom is 0.274 e. The van der Waals surface area contributed by atoms with Gasteiger partial charge in [0.15, 0.2) is 5.82 Å². The molecule has 17 heavy (non-hydrogen) atoms. The summed E-state index contributed by atoms with van der Waals surface area (Å²) < 4.78 is 4.88. The zero-order valence-corrected chi connectivity index (χ0v) is 8.95. The van der Waals surface area contributed by atoms with Crippen molar-refractivity contribution in [1.82, 2.24) is 15.1 Å². The molecular weight excluding hydrogens is 226 g/mol. The topological polar surface area (TPSA) is 107 Å². The molecule has 0 amide bonds. The minimum Gasteiger partial charge on any atom is -0.361 e. The molecule has 1 N–H and O–H groups in total. The predicted molar refractivity (Wildman–Crippen MR) is 57.3 cm³/mol. The lowest BCUT2D eigenvalue weighted by Crippen LogP contribution is -2.02. The first-order valence-electron chi connectivity index (χ1n) is 4.78. The molecule has 8 nitrogen and oxygen atoms in total. The Morgan fingerprint density at radius 2 is 2.41 bits per heavy atom. The third-order valence-electron chi connectivity index (χ3n) is 1.94. The van der Waals surface area contributed by atoms with E-state index in [0.717, 1.165) is 0 Å². The van der Waals surface area contributed by atoms with Gasteiger partial charge >= 0.3 is 0 Å². The summed E-state index contributed by atoms with van der Waals surface area (Å²) >= 11 is 0. The fourth-order valence-corrected chi connectivity index (χ4v) is 1.21. The van der Waals surface area contributed by atoms with E-state index in [1.54, 1.807) is 6.92 Å². The van der Waals surface area contributed by atoms with Gasteiger partial charge in [0.05, 0.1) is 17.5 Å². The number of pyridine rings is 1. The van der Waals surface area contributed by atoms with Crippen LogP contribution in [0.5, 0.6) is 0 Å². The molecule has 2 rings (SSSR count). The summed E-state index contributed by atoms with van der Waals surface area (Å²) in [4.78, 5) is 18.0. The Hall–Kier alpha value is -2.51. The molecule has 2 heterocycles. The largest absolute Gasteiger partial charge is 0.361 e. The van der Waals surface area contributed by atoms with Crippen LogP contribution in [0.4, 0.5) is 11.5 Å². The van der Waals surface area contributed by atoms with E-state index in [1.165, 1.54) is 18.3 Å². The highest BCUT2D eigenvalue weighted by Crippen LogP contribution is 2.14. The summed E-state index contributed by atoms with van der Waals surface area (Å²) in [5.41, 5.74) is -0.0239. The highest BCUT2D eigenvalue weighted by atomic mass is 16.6. The van der Waals surface area contributed by atoms with Gasteiger partial charge in [0.1, 0.15) is 5.82 Å². The zero-order chi connectivity index (χ0) is 12.3. The third kappa shape index (κ3) is 2.74. The van der Waals surface area contributed by atoms with Crippen molar-refractivity contribution in [2.75, 3.05) is 5.32 Å². The quantitative estimate of drug-likeness (QED) is 0.628. The van der Waals surface area contributed by atoms with Gasteiger partial charge in [-0.15, -0.1) is 0 Å². The van der Waals surface area contributed by atoms with E-state index in [2.05, 4.69) is 20.4 Å². The van der Waals surface area contributed by atoms with E-state index in [4.69, 9.17) is 4.52 Å². The van der Waals surface area contributed by atoms with Crippen molar-refractivity contribution in [3.63, 3.8) is 0 Å². The van der Waals surface area contributed by atoms with Gasteiger partial charge in [-0.25, -0.2) is 4.98 Å². The molecule has 0 unspecified atom stereocenters. The molecular formula is C9H9N5O3. The maximum absolute atomic E-state index is 10.5. The Kier molecular flexibility index (Phi) is 2.95. The van der Waals surface area contributed by atoms with Crippen molar-refractivity contribution in [3.8, 4) is 0 Å². The molecule has 0 radical (unpaired) electrons. The number of aryl methyl sites for hydroxylation is 1. The second-order valence-corrected chi connectivity index (χ2v) is 3.25. The monoisotopic (exact) mass is 235 g/mol. The van der Waals surface area contributed by atoms with Crippen LogP contribution < -0.4 is 5.32 Å². The van der Waals surface area contributed by atoms with Gasteiger partial charge < -0.3 is 9.84 Å². The van der Waals surface area contributed by atoms with E-state index in [1.807, 2.05) is 0 Å². The number of aromatic nitrogens is 3. The average molecular weight is 235 g/mol. The van der Waals surface area contributed by atoms with Gasteiger partial charge in [0, 0.05) is 12.3 Å². The molecule has 88 valence electrons. The van der Waals surface area contributed by atoms with E-state index in [0.29, 0.717) is 17.5 Å². The number of hydrogen-bond donors (Lipinski definition) is 1. The van der Waals surface area contributed by atoms with E-state index >= 15 is 0 Å². The van der Waals surface area contributed by atoms with Gasteiger partial charge in [-0.3, -0.25) is 10.1 Å². The number of anilines is 1. The van der Waals surface area contributed by atoms with Crippen LogP contribution >= 0.6 is 0 Å². The van der Waals surface area contributed by atoms with Crippen LogP contribution in [-0.4, -0.2) is 20.0 Å². The van der Waals surface area contributed by atoms with Crippen molar-refractivity contribution >= 4 is 11.5 Å². The maximum atomic E-state index is 10.5. The Morgan fingerprint density at radius 3 is 3.06 bits per heavy atom. The summed E-state index contributed by atoms with van der Waals surface area (Å²) in [5.74, 6) is 1.32. The zero-order valence-electron chi connectivity index (χ0n) is 8.95. The molecule has 0 aromatic carbocycles. The molecule has 8 heteroatoms. The molecule has 0 atom stereocenters. The van der Waals surface area contributed by atoms with Crippen molar-refractivity contribution in [2.45, 2.75) is 13.5 Å². The Bertz CT molecular complexity index is 539. The van der Waals surface area contributed by atoms with Gasteiger partial charge in [0.25, 0.3) is 5.69 Å². The number of hydrogen-bond acceptors (Lipinski definition) is 7. The van der Waals surface area contributed by atoms with Crippen molar-refractivity contribution in [3.05, 3.63) is 40.2 Å². The van der Waals surface area contributed by atoms with Crippen LogP contribution in [0.25, 0.3) is 0 Å². The number of nitrogens with zero attached hydrogens (tertiary/aromatic N) is 4. The Morgan fingerprint density at radius 1 is 1.59 bits per heavy atom. The highest BCUT2D eigenvalue weighted by Gasteiger charge is 2.07. The summed E-state index contributed by atoms with van der Waals surface area (Å²) in [7, 11) is 0. The van der Waals surface area contributed by atoms with Gasteiger partial charge in [0.2, 0.25) is 5.89 Å². The molecule has 0 bridgehead atoms. The first kappa shape index (κ1) is 11.0. The highest BCUT2D eigenvalue weighted by molar-refractivity contribution is 5.44. The standard InChI is InChI=1S/C9H9N5O3/c1-6-12-9(17-13-6)5-11-8-4-7(14(15)16)2-3-10-8/h2-4H,5H2,1H3,(H,10,11). The lowest BCUT2D eigenvalue weighted by Gasteiger charge is -2.01. The molecule has 2 aromatic rings. The van der Waals surface area contributed by atoms with Crippen LogP contribution in [-0.2, 0) is 6.54 Å². The lowest BCUT2D eigenvalue weighted by atomic mass is 10.4. The van der Waals surface area contributed by atoms with Crippen LogP contribution in [0.3, 0.4) is 0 Å². The van der Waals surface area contributed by atoms with Crippen LogP contribution in [0.15, 0.2) is 22.9 Å². The Labute approximate surface area is 95.8 Å². The molecule has 0 spiro atoms. The van der Waals surface area contributed by atoms with Crippen molar-refractivity contribution in [1.29, 1.82) is 0 Å². The van der Waals surface area contributed by atoms with Gasteiger partial charge in [-0.2, -0.15) is 4.98 Å². The molecule has 2 aromatic heterocycles. The third-order valence-corrected chi connectivity index (χ3v) is 1.94. The summed E-state index contributed by atoms with van der Waals surface area (Å²) in [6.45, 7) is 1.98. The summed E-state index contributed by atoms with van der Waals surface area (Å²) in [6.07, 6.45) is 1.36. The first-order valence-corrected chi connectivity index (χ1v) is 4.78. The number of nitrogens with one attached hydrogen (secondary N) is 1. The van der Waals surface area contributed by atoms with Crippen molar-refractivity contribution < 1.29 is 9.45 Å². The second-order valence-electron chi connectivity index (χ2n) is 3.25. The molecule has 0 saturated carbocycles. The SMILES string of the molecule is Cc1noc(CNc2cc([N+](=O)[O-])ccn2)n1. The van der Waals surface area contributed by atoms with Gasteiger partial charge in [-0.1, -0.05) is 5.16 Å². The molecule has 0 aliphatic rings. The second kappa shape index (κ2) is 4.56. The van der Waals surface area contributed by atoms with Crippen LogP contribution in [0, 0.1) is 17.0 Å². The number of nitro groups is 1. The predicted octanol–water partition coefficient (Wildman–Crippen LogP) is 1.29. The van der Waals surface area contributed by atoms with E-state index in [-0.39, 0.29) is 12.2 Å². The van der Waals surface area contributed by atoms with E-state index < -0.39 is 4.92 Å². The lowest BCUT2D eigenvalue weighted by molar-refractivity contribution is -0.384. The minimum atomic E-state index is -0.482. The average Bonchev–Trinajstić information content (AvgIpc) is 2.73. The number of rotatable bonds is 4. The van der Waals surface area contributed by atoms with E-state index in [9.17, 15) is 10.1 Å². The normalized spacial score (nSPS) is 10.2. The summed E-state index contributed by atoms with van der Waals surface area (Å²) in [5, 5.41) is 17.0. The van der Waals surface area contributed by atoms with Crippen LogP contribution in [0.1, 0.15) is 11.7 Å². The Balaban J connectivity index is 2.04. The first-order chi connectivity index (χ1) is 8.15. The minimum absolute atomic E-state index is 0.0239. The van der Waals surface area contributed by atoms with Crippen LogP contribution in [0.2, 0.25) is 0 Å². The fourth-order valence-electron chi connectivity index (χ4n) is 1.21. The van der Waals surface area contributed by atoms with Crippen molar-refractivity contribution in [2.24, 2.45) is 0 Å². The fraction of sp³-hybridized carbons (Fsp3) is 0.222. The smallest absolute Gasteiger partial charge is 0.274 e.